The Bertz CT molecular complexity index is 6.00. The van der Waals surface area contributed by atoms with E-state index in [1.807, 2.05) is 6.92 Å². The van der Waals surface area contributed by atoms with E-state index in [1.165, 1.54) is 0 Å². The molecule has 0 unspecified atom stereocenters. The van der Waals surface area contributed by atoms with Crippen LogP contribution in [0.4, 0.5) is 0 Å². The van der Waals surface area contributed by atoms with E-state index in [0.29, 0.717) is 0 Å². The van der Waals surface area contributed by atoms with Gasteiger partial charge in [0.15, 0.2) is 0 Å². The molecule has 0 spiro atoms. The number of hydrogen-bond donors (Lipinski definition) is 1. The van der Waals surface area contributed by atoms with Crippen molar-refractivity contribution in [3.63, 3.8) is 0 Å². The molecule has 22 valence electrons. The van der Waals surface area contributed by atoms with Crippen LogP contribution in [0.5, 0.6) is 0 Å². The molecule has 0 bridgehead atoms. The Hall–Kier alpha value is 0.583. The minimum Gasteiger partial charge on any atom is -0.331 e. The third-order valence-electron chi connectivity index (χ3n) is 0. The van der Waals surface area contributed by atoms with Crippen LogP contribution in [-0.2, 0) is 19.5 Å². The van der Waals surface area contributed by atoms with Crippen LogP contribution < -0.4 is 5.73 Å². The van der Waals surface area contributed by atoms with Gasteiger partial charge in [0, 0.05) is 19.5 Å². The van der Waals surface area contributed by atoms with E-state index in [4.69, 9.17) is 5.73 Å². The van der Waals surface area contributed by atoms with Crippen molar-refractivity contribution in [1.82, 2.24) is 0 Å². The van der Waals surface area contributed by atoms with Gasteiger partial charge >= 0.3 is 0 Å². The summed E-state index contributed by atoms with van der Waals surface area (Å²) in [4.78, 5) is 0. The summed E-state index contributed by atoms with van der Waals surface area (Å²) in [5.41, 5.74) is 4.85. The first kappa shape index (κ1) is 8.82. The second-order valence-corrected chi connectivity index (χ2v) is 0.408. The standard InChI is InChI=1S/C2H7N.Zn/c1-2-3;/h2-3H2,1H3;. The van der Waals surface area contributed by atoms with E-state index in [1.54, 1.807) is 0 Å². The molecular weight excluding hydrogens is 103 g/mol. The van der Waals surface area contributed by atoms with E-state index in [-0.39, 0.29) is 19.5 Å². The molecule has 0 aliphatic heterocycles. The second kappa shape index (κ2) is 9.54. The number of nitrogens with two attached hydrogens (primary N) is 1. The molecule has 0 aromatic heterocycles. The third kappa shape index (κ3) is 19.0. The van der Waals surface area contributed by atoms with Crippen LogP contribution in [0.3, 0.4) is 0 Å². The van der Waals surface area contributed by atoms with Gasteiger partial charge in [-0.05, 0) is 6.54 Å². The SMILES string of the molecule is CCN.[Zn]. The van der Waals surface area contributed by atoms with Crippen LogP contribution in [0.15, 0.2) is 0 Å². The van der Waals surface area contributed by atoms with Crippen molar-refractivity contribution in [2.75, 3.05) is 6.54 Å². The summed E-state index contributed by atoms with van der Waals surface area (Å²) in [7, 11) is 0. The number of rotatable bonds is 0. The zero-order chi connectivity index (χ0) is 2.71. The number of hydrogen-bond acceptors (Lipinski definition) is 1. The predicted molar refractivity (Wildman–Crippen MR) is 14.7 cm³/mol. The maximum absolute atomic E-state index is 4.85. The van der Waals surface area contributed by atoms with Gasteiger partial charge in [0.05, 0.1) is 0 Å². The normalized spacial score (nSPS) is 4.50. The molecule has 0 atom stereocenters. The molecule has 0 amide bonds. The van der Waals surface area contributed by atoms with Crippen molar-refractivity contribution in [3.8, 4) is 0 Å². The summed E-state index contributed by atoms with van der Waals surface area (Å²) < 4.78 is 0. The Morgan fingerprint density at radius 1 is 1.75 bits per heavy atom. The average molecular weight is 110 g/mol. The fourth-order valence-corrected chi connectivity index (χ4v) is 0. The van der Waals surface area contributed by atoms with Gasteiger partial charge in [-0.3, -0.25) is 0 Å². The third-order valence-corrected chi connectivity index (χ3v) is 0. The molecule has 2 N–H and O–H groups in total. The summed E-state index contributed by atoms with van der Waals surface area (Å²) in [6.45, 7) is 2.65. The molecule has 1 nitrogen and oxygen atoms in total. The summed E-state index contributed by atoms with van der Waals surface area (Å²) in [6, 6.07) is 0. The molecule has 2 heteroatoms. The minimum atomic E-state index is 0. The zero-order valence-corrected chi connectivity index (χ0v) is 5.96. The van der Waals surface area contributed by atoms with E-state index in [9.17, 15) is 0 Å². The molecular formula is C2H7NZn. The molecule has 0 radical (unpaired) electrons. The first-order valence-corrected chi connectivity index (χ1v) is 1.12. The Morgan fingerprint density at radius 2 is 1.75 bits per heavy atom. The van der Waals surface area contributed by atoms with Crippen LogP contribution in [-0.4, -0.2) is 6.54 Å². The smallest absolute Gasteiger partial charge is 0 e. The van der Waals surface area contributed by atoms with Crippen molar-refractivity contribution in [2.24, 2.45) is 5.73 Å². The first-order valence-electron chi connectivity index (χ1n) is 1.12. The van der Waals surface area contributed by atoms with Gasteiger partial charge in [-0.2, -0.15) is 0 Å². The Labute approximate surface area is 39.3 Å². The molecule has 0 fully saturated rings. The topological polar surface area (TPSA) is 26.0 Å². The summed E-state index contributed by atoms with van der Waals surface area (Å²) >= 11 is 0. The Morgan fingerprint density at radius 3 is 1.75 bits per heavy atom. The van der Waals surface area contributed by atoms with E-state index in [2.05, 4.69) is 0 Å². The van der Waals surface area contributed by atoms with Gasteiger partial charge in [0.1, 0.15) is 0 Å². The van der Waals surface area contributed by atoms with Crippen molar-refractivity contribution in [2.45, 2.75) is 6.92 Å². The van der Waals surface area contributed by atoms with Crippen LogP contribution in [0, 0.1) is 0 Å². The largest absolute Gasteiger partial charge is 0.331 e. The maximum atomic E-state index is 4.85. The molecule has 0 saturated carbocycles. The second-order valence-electron chi connectivity index (χ2n) is 0.408. The monoisotopic (exact) mass is 109 g/mol. The van der Waals surface area contributed by atoms with Gasteiger partial charge in [-0.15, -0.1) is 0 Å². The van der Waals surface area contributed by atoms with Crippen molar-refractivity contribution >= 4 is 0 Å². The summed E-state index contributed by atoms with van der Waals surface area (Å²) in [6.07, 6.45) is 0. The Balaban J connectivity index is 0. The molecule has 0 aliphatic carbocycles. The van der Waals surface area contributed by atoms with Crippen LogP contribution in [0.1, 0.15) is 6.92 Å². The fraction of sp³-hybridized carbons (Fsp3) is 1.00. The van der Waals surface area contributed by atoms with Crippen molar-refractivity contribution < 1.29 is 19.5 Å². The molecule has 0 saturated heterocycles. The van der Waals surface area contributed by atoms with Crippen molar-refractivity contribution in [1.29, 1.82) is 0 Å². The fourth-order valence-electron chi connectivity index (χ4n) is 0. The molecule has 0 aliphatic rings. The van der Waals surface area contributed by atoms with Gasteiger partial charge in [0.25, 0.3) is 0 Å². The van der Waals surface area contributed by atoms with E-state index >= 15 is 0 Å². The molecule has 0 rings (SSSR count). The van der Waals surface area contributed by atoms with Gasteiger partial charge in [0.2, 0.25) is 0 Å². The van der Waals surface area contributed by atoms with Crippen LogP contribution >= 0.6 is 0 Å². The van der Waals surface area contributed by atoms with E-state index < -0.39 is 0 Å². The van der Waals surface area contributed by atoms with Gasteiger partial charge in [-0.1, -0.05) is 6.92 Å². The van der Waals surface area contributed by atoms with E-state index in [0.717, 1.165) is 6.54 Å². The van der Waals surface area contributed by atoms with Gasteiger partial charge < -0.3 is 5.73 Å². The first-order chi connectivity index (χ1) is 1.41. The molecule has 0 aromatic carbocycles. The Kier molecular flexibility index (Phi) is 21.0. The van der Waals surface area contributed by atoms with Crippen molar-refractivity contribution in [3.05, 3.63) is 0 Å². The quantitative estimate of drug-likeness (QED) is 0.435. The average Bonchev–Trinajstić information content (AvgIpc) is 0.918. The van der Waals surface area contributed by atoms with Crippen LogP contribution in [0.2, 0.25) is 0 Å². The molecule has 0 heterocycles. The summed E-state index contributed by atoms with van der Waals surface area (Å²) in [5, 5.41) is 0. The predicted octanol–water partition coefficient (Wildman–Crippen LogP) is -0.0375. The molecule has 0 aromatic rings. The van der Waals surface area contributed by atoms with Crippen LogP contribution in [0.25, 0.3) is 0 Å². The summed E-state index contributed by atoms with van der Waals surface area (Å²) in [5.74, 6) is 0. The maximum Gasteiger partial charge on any atom is 0 e. The molecule has 4 heavy (non-hydrogen) atoms. The zero-order valence-electron chi connectivity index (χ0n) is 2.99. The van der Waals surface area contributed by atoms with Gasteiger partial charge in [-0.25, -0.2) is 0 Å². The minimum absolute atomic E-state index is 0.